The second-order valence-electron chi connectivity index (χ2n) is 5.30. The Hall–Kier alpha value is -2.49. The Morgan fingerprint density at radius 1 is 1.24 bits per heavy atom. The zero-order chi connectivity index (χ0) is 18.2. The highest BCUT2D eigenvalue weighted by Crippen LogP contribution is 2.26. The van der Waals surface area contributed by atoms with E-state index in [9.17, 15) is 17.4 Å². The van der Waals surface area contributed by atoms with Gasteiger partial charge in [0.25, 0.3) is 5.78 Å². The molecule has 2 heterocycles. The minimum atomic E-state index is -4.77. The average molecular weight is 369 g/mol. The van der Waals surface area contributed by atoms with E-state index in [1.54, 1.807) is 6.20 Å². The first kappa shape index (κ1) is 17.3. The third-order valence-corrected chi connectivity index (χ3v) is 4.71. The van der Waals surface area contributed by atoms with Crippen LogP contribution in [0.15, 0.2) is 35.4 Å². The van der Waals surface area contributed by atoms with E-state index in [1.165, 1.54) is 28.8 Å². The van der Waals surface area contributed by atoms with Crippen LogP contribution in [0.2, 0.25) is 0 Å². The summed E-state index contributed by atoms with van der Waals surface area (Å²) < 4.78 is 50.2. The topological polar surface area (TPSA) is 86.2 Å². The summed E-state index contributed by atoms with van der Waals surface area (Å²) in [5.74, 6) is 1.39. The van der Waals surface area contributed by atoms with E-state index >= 15 is 0 Å². The summed E-state index contributed by atoms with van der Waals surface area (Å²) in [7, 11) is -3.04. The van der Waals surface area contributed by atoms with Crippen molar-refractivity contribution < 1.29 is 17.4 Å². The van der Waals surface area contributed by atoms with Crippen LogP contribution in [0, 0.1) is 0 Å². The lowest BCUT2D eigenvalue weighted by Gasteiger charge is -2.08. The molecule has 1 aromatic carbocycles. The van der Waals surface area contributed by atoms with Gasteiger partial charge in [0.2, 0.25) is 0 Å². The predicted octanol–water partition coefficient (Wildman–Crippen LogP) is 2.49. The molecule has 0 saturated carbocycles. The van der Waals surface area contributed by atoms with Gasteiger partial charge in [-0.1, -0.05) is 19.1 Å². The molecule has 3 rings (SSSR count). The molecule has 3 aromatic rings. The summed E-state index contributed by atoms with van der Waals surface area (Å²) in [6, 6.07) is 5.38. The second-order valence-corrected chi connectivity index (χ2v) is 6.77. The molecule has 0 spiro atoms. The Bertz CT molecular complexity index is 937. The molecular formula is C15H14F3N5OS. The number of nitrogens with zero attached hydrogens (tertiary/aromatic N) is 4. The van der Waals surface area contributed by atoms with Gasteiger partial charge in [0.1, 0.15) is 5.82 Å². The summed E-state index contributed by atoms with van der Waals surface area (Å²) in [6.07, 6.45) is 2.57. The normalized spacial score (nSPS) is 13.3. The van der Waals surface area contributed by atoms with Gasteiger partial charge >= 0.3 is 5.51 Å². The molecular weight excluding hydrogens is 355 g/mol. The summed E-state index contributed by atoms with van der Waals surface area (Å²) in [4.78, 5) is 8.12. The number of aryl methyl sites for hydroxylation is 1. The smallest absolute Gasteiger partial charge is 0.383 e. The van der Waals surface area contributed by atoms with Crippen LogP contribution < -0.4 is 5.73 Å². The van der Waals surface area contributed by atoms with Gasteiger partial charge in [0, 0.05) is 29.5 Å². The first-order valence-corrected chi connectivity index (χ1v) is 8.51. The summed E-state index contributed by atoms with van der Waals surface area (Å²) in [5.41, 5.74) is 2.71. The number of hydrogen-bond donors (Lipinski definition) is 1. The van der Waals surface area contributed by atoms with Crippen LogP contribution in [-0.4, -0.2) is 29.3 Å². The van der Waals surface area contributed by atoms with E-state index in [-0.39, 0.29) is 4.90 Å². The Morgan fingerprint density at radius 2 is 1.92 bits per heavy atom. The van der Waals surface area contributed by atoms with Crippen LogP contribution in [0.4, 0.5) is 19.0 Å². The lowest BCUT2D eigenvalue weighted by molar-refractivity contribution is -0.0384. The number of anilines is 1. The predicted molar refractivity (Wildman–Crippen MR) is 86.3 cm³/mol. The Kier molecular flexibility index (Phi) is 4.46. The summed E-state index contributed by atoms with van der Waals surface area (Å²) in [6.45, 7) is 1.91. The molecule has 0 aliphatic heterocycles. The number of rotatable bonds is 4. The standard InChI is InChI=1S/C15H14F3N5OS/c1-2-12-21-14-20-8-10(13(19)23(14)22-12)7-9-3-5-11(6-4-9)25(24)15(16,17)18/h3-6,8H,2,7,19H2,1H3. The van der Waals surface area contributed by atoms with Crippen molar-refractivity contribution >= 4 is 22.4 Å². The van der Waals surface area contributed by atoms with Crippen molar-refractivity contribution in [3.05, 3.63) is 47.4 Å². The quantitative estimate of drug-likeness (QED) is 0.764. The van der Waals surface area contributed by atoms with E-state index in [1.807, 2.05) is 6.92 Å². The minimum absolute atomic E-state index is 0.290. The lowest BCUT2D eigenvalue weighted by atomic mass is 10.1. The van der Waals surface area contributed by atoms with Crippen molar-refractivity contribution in [2.75, 3.05) is 5.73 Å². The monoisotopic (exact) mass is 369 g/mol. The van der Waals surface area contributed by atoms with E-state index < -0.39 is 16.3 Å². The SMILES string of the molecule is CCc1nc2ncc(Cc3ccc(S(=O)C(F)(F)F)cc3)c(N)n2n1. The highest BCUT2D eigenvalue weighted by Gasteiger charge is 2.37. The highest BCUT2D eigenvalue weighted by atomic mass is 32.2. The molecule has 25 heavy (non-hydrogen) atoms. The lowest BCUT2D eigenvalue weighted by Crippen LogP contribution is -2.16. The van der Waals surface area contributed by atoms with Crippen molar-refractivity contribution in [3.8, 4) is 0 Å². The van der Waals surface area contributed by atoms with Gasteiger partial charge < -0.3 is 5.73 Å². The number of alkyl halides is 3. The fraction of sp³-hybridized carbons (Fsp3) is 0.267. The van der Waals surface area contributed by atoms with Crippen LogP contribution in [0.1, 0.15) is 23.9 Å². The fourth-order valence-corrected chi connectivity index (χ4v) is 2.95. The van der Waals surface area contributed by atoms with E-state index in [0.29, 0.717) is 41.4 Å². The van der Waals surface area contributed by atoms with E-state index in [4.69, 9.17) is 5.73 Å². The molecule has 132 valence electrons. The largest absolute Gasteiger partial charge is 0.475 e. The molecule has 6 nitrogen and oxygen atoms in total. The molecule has 2 aromatic heterocycles. The minimum Gasteiger partial charge on any atom is -0.383 e. The van der Waals surface area contributed by atoms with Crippen molar-refractivity contribution in [1.29, 1.82) is 0 Å². The number of halogens is 3. The number of aromatic nitrogens is 4. The fourth-order valence-electron chi connectivity index (χ4n) is 2.30. The maximum absolute atomic E-state index is 12.5. The molecule has 0 saturated heterocycles. The Labute approximate surface area is 143 Å². The zero-order valence-corrected chi connectivity index (χ0v) is 13.9. The maximum Gasteiger partial charge on any atom is 0.475 e. The van der Waals surface area contributed by atoms with Gasteiger partial charge in [-0.15, -0.1) is 5.10 Å². The third kappa shape index (κ3) is 3.48. The first-order chi connectivity index (χ1) is 11.8. The summed E-state index contributed by atoms with van der Waals surface area (Å²) in [5, 5.41) is 4.25. The van der Waals surface area contributed by atoms with Gasteiger partial charge in [0.15, 0.2) is 16.6 Å². The van der Waals surface area contributed by atoms with Crippen LogP contribution in [0.5, 0.6) is 0 Å². The zero-order valence-electron chi connectivity index (χ0n) is 13.1. The molecule has 2 N–H and O–H groups in total. The Balaban J connectivity index is 1.86. The number of nitrogens with two attached hydrogens (primary N) is 1. The van der Waals surface area contributed by atoms with E-state index in [0.717, 1.165) is 0 Å². The molecule has 0 radical (unpaired) electrons. The van der Waals surface area contributed by atoms with Gasteiger partial charge in [-0.2, -0.15) is 22.7 Å². The van der Waals surface area contributed by atoms with Gasteiger partial charge in [-0.3, -0.25) is 0 Å². The third-order valence-electron chi connectivity index (χ3n) is 3.59. The number of benzene rings is 1. The molecule has 0 aliphatic rings. The van der Waals surface area contributed by atoms with Crippen molar-refractivity contribution in [1.82, 2.24) is 19.6 Å². The number of hydrogen-bond acceptors (Lipinski definition) is 5. The molecule has 0 fully saturated rings. The van der Waals surface area contributed by atoms with E-state index in [2.05, 4.69) is 15.1 Å². The van der Waals surface area contributed by atoms with Gasteiger partial charge in [0.05, 0.1) is 0 Å². The number of fused-ring (bicyclic) bond motifs is 1. The maximum atomic E-state index is 12.5. The van der Waals surface area contributed by atoms with Crippen molar-refractivity contribution in [2.45, 2.75) is 30.2 Å². The van der Waals surface area contributed by atoms with Gasteiger partial charge in [-0.25, -0.2) is 9.19 Å². The molecule has 0 amide bonds. The van der Waals surface area contributed by atoms with Crippen LogP contribution in [0.3, 0.4) is 0 Å². The highest BCUT2D eigenvalue weighted by molar-refractivity contribution is 7.86. The Morgan fingerprint density at radius 3 is 2.52 bits per heavy atom. The van der Waals surface area contributed by atoms with Crippen LogP contribution in [-0.2, 0) is 23.6 Å². The first-order valence-electron chi connectivity index (χ1n) is 7.36. The molecule has 0 aliphatic carbocycles. The van der Waals surface area contributed by atoms with Crippen molar-refractivity contribution in [3.63, 3.8) is 0 Å². The number of nitrogen functional groups attached to an aromatic ring is 1. The second kappa shape index (κ2) is 6.43. The van der Waals surface area contributed by atoms with Crippen LogP contribution in [0.25, 0.3) is 5.78 Å². The molecule has 10 heteroatoms. The average Bonchev–Trinajstić information content (AvgIpc) is 3.01. The molecule has 1 unspecified atom stereocenters. The van der Waals surface area contributed by atoms with Crippen molar-refractivity contribution in [2.24, 2.45) is 0 Å². The van der Waals surface area contributed by atoms with Gasteiger partial charge in [-0.05, 0) is 17.7 Å². The van der Waals surface area contributed by atoms with Crippen LogP contribution >= 0.6 is 0 Å². The molecule has 0 bridgehead atoms. The molecule has 1 atom stereocenters. The summed E-state index contributed by atoms with van der Waals surface area (Å²) >= 11 is 0.